The van der Waals surface area contributed by atoms with E-state index in [1.807, 2.05) is 4.90 Å². The highest BCUT2D eigenvalue weighted by atomic mass is 32.2. The molecular weight excluding hydrogens is 428 g/mol. The van der Waals surface area contributed by atoms with E-state index in [1.54, 1.807) is 30.0 Å². The zero-order valence-electron chi connectivity index (χ0n) is 16.3. The average molecular weight is 451 g/mol. The molecule has 0 bridgehead atoms. The molecule has 0 spiro atoms. The number of anilines is 2. The van der Waals surface area contributed by atoms with Gasteiger partial charge in [-0.25, -0.2) is 27.9 Å². The summed E-state index contributed by atoms with van der Waals surface area (Å²) >= 11 is 5.44. The minimum Gasteiger partial charge on any atom is -0.450 e. The molecule has 2 heterocycles. The van der Waals surface area contributed by atoms with Crippen LogP contribution in [0.1, 0.15) is 6.92 Å². The van der Waals surface area contributed by atoms with Gasteiger partial charge in [-0.3, -0.25) is 0 Å². The third-order valence-electron chi connectivity index (χ3n) is 4.30. The molecule has 1 amide bonds. The molecule has 160 valence electrons. The summed E-state index contributed by atoms with van der Waals surface area (Å²) in [7, 11) is -3.79. The predicted octanol–water partition coefficient (Wildman–Crippen LogP) is 1.75. The standard InChI is InChI=1S/C18H22N6O4S2/c1-2-28-18(25)24-12-10-23(11-13-24)17(29)21-14-4-6-15(7-5-14)30(26,27)22-16-19-8-3-9-20-16/h3-9H,2,10-13H2,1H3,(H,21,29)(H,19,20,22). The van der Waals surface area contributed by atoms with Crippen molar-refractivity contribution in [2.75, 3.05) is 42.8 Å². The Bertz CT molecular complexity index is 977. The van der Waals surface area contributed by atoms with Crippen LogP contribution in [0.15, 0.2) is 47.6 Å². The molecule has 2 N–H and O–H groups in total. The molecule has 1 aromatic carbocycles. The summed E-state index contributed by atoms with van der Waals surface area (Å²) in [6, 6.07) is 7.78. The van der Waals surface area contributed by atoms with Gasteiger partial charge in [0.2, 0.25) is 5.95 Å². The van der Waals surface area contributed by atoms with Crippen molar-refractivity contribution >= 4 is 45.1 Å². The molecule has 30 heavy (non-hydrogen) atoms. The molecule has 1 saturated heterocycles. The predicted molar refractivity (Wildman–Crippen MR) is 116 cm³/mol. The molecule has 10 nitrogen and oxygen atoms in total. The van der Waals surface area contributed by atoms with E-state index in [0.717, 1.165) is 0 Å². The Morgan fingerprint density at radius 3 is 2.30 bits per heavy atom. The zero-order valence-corrected chi connectivity index (χ0v) is 17.9. The van der Waals surface area contributed by atoms with Crippen molar-refractivity contribution in [2.45, 2.75) is 11.8 Å². The largest absolute Gasteiger partial charge is 0.450 e. The number of amides is 1. The summed E-state index contributed by atoms with van der Waals surface area (Å²) in [6.07, 6.45) is 2.58. The number of nitrogens with zero attached hydrogens (tertiary/aromatic N) is 4. The normalized spacial score (nSPS) is 14.2. The van der Waals surface area contributed by atoms with E-state index in [9.17, 15) is 13.2 Å². The smallest absolute Gasteiger partial charge is 0.409 e. The van der Waals surface area contributed by atoms with Crippen molar-refractivity contribution in [3.05, 3.63) is 42.7 Å². The Hall–Kier alpha value is -2.99. The maximum atomic E-state index is 12.4. The lowest BCUT2D eigenvalue weighted by Crippen LogP contribution is -2.51. The summed E-state index contributed by atoms with van der Waals surface area (Å²) in [5, 5.41) is 3.60. The Balaban J connectivity index is 1.55. The number of hydrogen-bond acceptors (Lipinski definition) is 7. The number of carbonyl (C=O) groups is 1. The molecule has 0 radical (unpaired) electrons. The number of carbonyl (C=O) groups excluding carboxylic acids is 1. The van der Waals surface area contributed by atoms with E-state index in [0.29, 0.717) is 43.6 Å². The molecule has 12 heteroatoms. The monoisotopic (exact) mass is 450 g/mol. The fourth-order valence-electron chi connectivity index (χ4n) is 2.76. The summed E-state index contributed by atoms with van der Waals surface area (Å²) in [5.41, 5.74) is 0.655. The number of nitrogens with one attached hydrogen (secondary N) is 2. The second-order valence-electron chi connectivity index (χ2n) is 6.31. The lowest BCUT2D eigenvalue weighted by molar-refractivity contribution is 0.0923. The SMILES string of the molecule is CCOC(=O)N1CCN(C(=S)Nc2ccc(S(=O)(=O)Nc3ncccn3)cc2)CC1. The third-order valence-corrected chi connectivity index (χ3v) is 6.00. The molecular formula is C18H22N6O4S2. The first kappa shape index (κ1) is 21.7. The van der Waals surface area contributed by atoms with E-state index in [1.165, 1.54) is 24.5 Å². The Labute approximate surface area is 180 Å². The number of thiocarbonyl (C=S) groups is 1. The van der Waals surface area contributed by atoms with E-state index < -0.39 is 10.0 Å². The van der Waals surface area contributed by atoms with Gasteiger partial charge in [0.05, 0.1) is 11.5 Å². The van der Waals surface area contributed by atoms with Crippen molar-refractivity contribution in [2.24, 2.45) is 0 Å². The topological polar surface area (TPSA) is 117 Å². The fraction of sp³-hybridized carbons (Fsp3) is 0.333. The van der Waals surface area contributed by atoms with Gasteiger partial charge in [0.1, 0.15) is 0 Å². The Morgan fingerprint density at radius 1 is 1.10 bits per heavy atom. The second kappa shape index (κ2) is 9.67. The molecule has 3 rings (SSSR count). The summed E-state index contributed by atoms with van der Waals surface area (Å²) in [5.74, 6) is 0.00263. The van der Waals surface area contributed by atoms with Crippen molar-refractivity contribution < 1.29 is 17.9 Å². The van der Waals surface area contributed by atoms with Crippen LogP contribution in [-0.4, -0.2) is 72.2 Å². The van der Waals surface area contributed by atoms with Gasteiger partial charge in [-0.2, -0.15) is 0 Å². The molecule has 1 aliphatic heterocycles. The zero-order chi connectivity index (χ0) is 21.6. The molecule has 2 aromatic rings. The fourth-order valence-corrected chi connectivity index (χ4v) is 4.02. The Kier molecular flexibility index (Phi) is 7.00. The maximum absolute atomic E-state index is 12.4. The minimum atomic E-state index is -3.79. The molecule has 0 saturated carbocycles. The maximum Gasteiger partial charge on any atom is 0.409 e. The van der Waals surface area contributed by atoms with Crippen LogP contribution in [0.2, 0.25) is 0 Å². The molecule has 1 aromatic heterocycles. The van der Waals surface area contributed by atoms with E-state index >= 15 is 0 Å². The highest BCUT2D eigenvalue weighted by molar-refractivity contribution is 7.92. The highest BCUT2D eigenvalue weighted by Crippen LogP contribution is 2.17. The van der Waals surface area contributed by atoms with Gasteiger partial charge in [-0.05, 0) is 49.5 Å². The quantitative estimate of drug-likeness (QED) is 0.657. The van der Waals surface area contributed by atoms with Gasteiger partial charge < -0.3 is 19.9 Å². The van der Waals surface area contributed by atoms with Crippen LogP contribution < -0.4 is 10.0 Å². The van der Waals surface area contributed by atoms with Crippen LogP contribution in [0.5, 0.6) is 0 Å². The number of piperazine rings is 1. The number of sulfonamides is 1. The molecule has 0 aliphatic carbocycles. The first-order valence-electron chi connectivity index (χ1n) is 9.26. The average Bonchev–Trinajstić information content (AvgIpc) is 2.75. The molecule has 1 fully saturated rings. The van der Waals surface area contributed by atoms with E-state index in [2.05, 4.69) is 20.0 Å². The van der Waals surface area contributed by atoms with Gasteiger partial charge in [0, 0.05) is 44.3 Å². The number of rotatable bonds is 5. The first-order chi connectivity index (χ1) is 14.4. The number of hydrogen-bond donors (Lipinski definition) is 2. The molecule has 0 unspecified atom stereocenters. The van der Waals surface area contributed by atoms with Gasteiger partial charge in [0.15, 0.2) is 5.11 Å². The molecule has 1 aliphatic rings. The van der Waals surface area contributed by atoms with E-state index in [4.69, 9.17) is 17.0 Å². The lowest BCUT2D eigenvalue weighted by Gasteiger charge is -2.35. The van der Waals surface area contributed by atoms with Gasteiger partial charge in [-0.15, -0.1) is 0 Å². The van der Waals surface area contributed by atoms with Crippen LogP contribution in [0, 0.1) is 0 Å². The first-order valence-corrected chi connectivity index (χ1v) is 11.2. The second-order valence-corrected chi connectivity index (χ2v) is 8.37. The number of ether oxygens (including phenoxy) is 1. The van der Waals surface area contributed by atoms with Crippen molar-refractivity contribution in [1.29, 1.82) is 0 Å². The van der Waals surface area contributed by atoms with E-state index in [-0.39, 0.29) is 16.9 Å². The van der Waals surface area contributed by atoms with Gasteiger partial charge in [0.25, 0.3) is 10.0 Å². The van der Waals surface area contributed by atoms with Crippen LogP contribution >= 0.6 is 12.2 Å². The van der Waals surface area contributed by atoms with Gasteiger partial charge >= 0.3 is 6.09 Å². The van der Waals surface area contributed by atoms with Crippen molar-refractivity contribution in [3.63, 3.8) is 0 Å². The van der Waals surface area contributed by atoms with Crippen LogP contribution in [0.25, 0.3) is 0 Å². The number of benzene rings is 1. The minimum absolute atomic E-state index is 0.00263. The highest BCUT2D eigenvalue weighted by Gasteiger charge is 2.23. The Morgan fingerprint density at radius 2 is 1.70 bits per heavy atom. The van der Waals surface area contributed by atoms with Crippen molar-refractivity contribution in [3.8, 4) is 0 Å². The summed E-state index contributed by atoms with van der Waals surface area (Å²) < 4.78 is 32.2. The lowest BCUT2D eigenvalue weighted by atomic mass is 10.3. The van der Waals surface area contributed by atoms with Gasteiger partial charge in [-0.1, -0.05) is 0 Å². The summed E-state index contributed by atoms with van der Waals surface area (Å²) in [6.45, 7) is 4.32. The van der Waals surface area contributed by atoms with Crippen LogP contribution in [-0.2, 0) is 14.8 Å². The number of aromatic nitrogens is 2. The van der Waals surface area contributed by atoms with Crippen LogP contribution in [0.4, 0.5) is 16.4 Å². The van der Waals surface area contributed by atoms with Crippen LogP contribution in [0.3, 0.4) is 0 Å². The van der Waals surface area contributed by atoms with Crippen molar-refractivity contribution in [1.82, 2.24) is 19.8 Å². The third kappa shape index (κ3) is 5.54. The summed E-state index contributed by atoms with van der Waals surface area (Å²) in [4.78, 5) is 23.2. The molecule has 0 atom stereocenters.